The first-order chi connectivity index (χ1) is 6.20. The van der Waals surface area contributed by atoms with E-state index in [-0.39, 0.29) is 5.75 Å². The van der Waals surface area contributed by atoms with E-state index >= 15 is 0 Å². The van der Waals surface area contributed by atoms with Crippen LogP contribution in [0.15, 0.2) is 24.3 Å². The molecule has 0 saturated carbocycles. The molecule has 0 aromatic heterocycles. The van der Waals surface area contributed by atoms with Crippen LogP contribution in [0.4, 0.5) is 0 Å². The van der Waals surface area contributed by atoms with Gasteiger partial charge in [-0.05, 0) is 35.7 Å². The Morgan fingerprint density at radius 1 is 1.08 bits per heavy atom. The average molecular weight is 171 g/mol. The maximum absolute atomic E-state index is 9.54. The fourth-order valence-corrected chi connectivity index (χ4v) is 1.52. The number of aryl methyl sites for hydroxylation is 1. The zero-order valence-electron chi connectivity index (χ0n) is 7.76. The van der Waals surface area contributed by atoms with Crippen LogP contribution in [-0.4, -0.2) is 5.11 Å². The van der Waals surface area contributed by atoms with Crippen molar-refractivity contribution in [1.29, 1.82) is 0 Å². The summed E-state index contributed by atoms with van der Waals surface area (Å²) in [4.78, 5) is 0. The van der Waals surface area contributed by atoms with Gasteiger partial charge in [0.2, 0.25) is 0 Å². The highest BCUT2D eigenvalue weighted by atomic mass is 16.3. The molecule has 2 aromatic carbocycles. The third-order valence-electron chi connectivity index (χ3n) is 2.50. The van der Waals surface area contributed by atoms with Gasteiger partial charge in [0.15, 0.2) is 0 Å². The summed E-state index contributed by atoms with van der Waals surface area (Å²) < 4.78 is 0. The minimum Gasteiger partial charge on any atom is -0.507 e. The van der Waals surface area contributed by atoms with Gasteiger partial charge in [0, 0.05) is 6.07 Å². The minimum absolute atomic E-state index is 0.260. The number of rotatable bonds is 0. The SMILES string of the molecule is Cc1c(O)[c]c2ccccc2c1C. The highest BCUT2D eigenvalue weighted by Crippen LogP contribution is 2.27. The molecule has 1 heteroatoms. The molecule has 1 radical (unpaired) electrons. The van der Waals surface area contributed by atoms with E-state index in [9.17, 15) is 5.11 Å². The van der Waals surface area contributed by atoms with E-state index < -0.39 is 0 Å². The third kappa shape index (κ3) is 1.17. The van der Waals surface area contributed by atoms with Gasteiger partial charge in [-0.2, -0.15) is 0 Å². The first-order valence-electron chi connectivity index (χ1n) is 4.30. The van der Waals surface area contributed by atoms with E-state index in [1.165, 1.54) is 0 Å². The van der Waals surface area contributed by atoms with E-state index in [4.69, 9.17) is 0 Å². The maximum atomic E-state index is 9.54. The molecular formula is C12H11O. The van der Waals surface area contributed by atoms with Crippen molar-refractivity contribution in [3.05, 3.63) is 41.5 Å². The maximum Gasteiger partial charge on any atom is 0.127 e. The van der Waals surface area contributed by atoms with Gasteiger partial charge in [0.25, 0.3) is 0 Å². The summed E-state index contributed by atoms with van der Waals surface area (Å²) in [7, 11) is 0. The minimum atomic E-state index is 0.260. The molecule has 0 bridgehead atoms. The molecule has 2 rings (SSSR count). The second-order valence-electron chi connectivity index (χ2n) is 3.27. The van der Waals surface area contributed by atoms with Crippen LogP contribution in [0.25, 0.3) is 10.8 Å². The molecule has 0 aliphatic carbocycles. The lowest BCUT2D eigenvalue weighted by molar-refractivity contribution is 0.470. The van der Waals surface area contributed by atoms with Crippen LogP contribution < -0.4 is 0 Å². The number of phenols is 1. The van der Waals surface area contributed by atoms with Crippen LogP contribution >= 0.6 is 0 Å². The Morgan fingerprint density at radius 2 is 1.77 bits per heavy atom. The fourth-order valence-electron chi connectivity index (χ4n) is 1.52. The predicted molar refractivity (Wildman–Crippen MR) is 53.9 cm³/mol. The first kappa shape index (κ1) is 8.11. The molecule has 2 aromatic rings. The molecular weight excluding hydrogens is 160 g/mol. The van der Waals surface area contributed by atoms with Gasteiger partial charge in [-0.1, -0.05) is 24.3 Å². The van der Waals surface area contributed by atoms with Crippen LogP contribution in [0, 0.1) is 19.9 Å². The molecule has 0 aliphatic rings. The summed E-state index contributed by atoms with van der Waals surface area (Å²) in [5, 5.41) is 11.7. The van der Waals surface area contributed by atoms with E-state index in [0.29, 0.717) is 0 Å². The number of hydrogen-bond acceptors (Lipinski definition) is 1. The molecule has 0 spiro atoms. The standard InChI is InChI=1S/C12H11O/c1-8-9(2)12(13)7-10-5-3-4-6-11(8)10/h3-6,13H,1-2H3. The lowest BCUT2D eigenvalue weighted by Gasteiger charge is -2.06. The van der Waals surface area contributed by atoms with Crippen molar-refractivity contribution >= 4 is 10.8 Å². The van der Waals surface area contributed by atoms with Crippen molar-refractivity contribution in [3.8, 4) is 5.75 Å². The van der Waals surface area contributed by atoms with Gasteiger partial charge in [-0.25, -0.2) is 0 Å². The zero-order chi connectivity index (χ0) is 9.42. The lowest BCUT2D eigenvalue weighted by Crippen LogP contribution is -1.84. The molecule has 0 saturated heterocycles. The number of aromatic hydroxyl groups is 1. The Kier molecular flexibility index (Phi) is 1.73. The number of hydrogen-bond donors (Lipinski definition) is 1. The van der Waals surface area contributed by atoms with Crippen LogP contribution in [-0.2, 0) is 0 Å². The Bertz CT molecular complexity index is 458. The highest BCUT2D eigenvalue weighted by Gasteiger charge is 2.04. The van der Waals surface area contributed by atoms with E-state index in [0.717, 1.165) is 21.9 Å². The summed E-state index contributed by atoms with van der Waals surface area (Å²) in [6.07, 6.45) is 0. The fraction of sp³-hybridized carbons (Fsp3) is 0.167. The number of benzene rings is 2. The largest absolute Gasteiger partial charge is 0.507 e. The molecule has 0 heterocycles. The van der Waals surface area contributed by atoms with E-state index in [1.54, 1.807) is 0 Å². The first-order valence-corrected chi connectivity index (χ1v) is 4.30. The van der Waals surface area contributed by atoms with Gasteiger partial charge >= 0.3 is 0 Å². The Hall–Kier alpha value is -1.50. The second kappa shape index (κ2) is 2.77. The molecule has 1 nitrogen and oxygen atoms in total. The van der Waals surface area contributed by atoms with Gasteiger partial charge in [-0.3, -0.25) is 0 Å². The smallest absolute Gasteiger partial charge is 0.127 e. The Labute approximate surface area is 77.6 Å². The molecule has 0 amide bonds. The van der Waals surface area contributed by atoms with Crippen molar-refractivity contribution in [3.63, 3.8) is 0 Å². The second-order valence-corrected chi connectivity index (χ2v) is 3.27. The van der Waals surface area contributed by atoms with Crippen molar-refractivity contribution < 1.29 is 5.11 Å². The summed E-state index contributed by atoms with van der Waals surface area (Å²) in [6, 6.07) is 10.9. The number of fused-ring (bicyclic) bond motifs is 1. The van der Waals surface area contributed by atoms with Crippen LogP contribution in [0.1, 0.15) is 11.1 Å². The summed E-state index contributed by atoms with van der Waals surface area (Å²) in [6.45, 7) is 3.93. The van der Waals surface area contributed by atoms with E-state index in [2.05, 4.69) is 6.07 Å². The molecule has 13 heavy (non-hydrogen) atoms. The van der Waals surface area contributed by atoms with Crippen molar-refractivity contribution in [2.24, 2.45) is 0 Å². The predicted octanol–water partition coefficient (Wildman–Crippen LogP) is 2.96. The summed E-state index contributed by atoms with van der Waals surface area (Å²) in [5.41, 5.74) is 2.05. The van der Waals surface area contributed by atoms with Crippen molar-refractivity contribution in [2.45, 2.75) is 13.8 Å². The van der Waals surface area contributed by atoms with Gasteiger partial charge < -0.3 is 5.11 Å². The van der Waals surface area contributed by atoms with Crippen molar-refractivity contribution in [1.82, 2.24) is 0 Å². The Balaban J connectivity index is 2.94. The summed E-state index contributed by atoms with van der Waals surface area (Å²) in [5.74, 6) is 0.260. The lowest BCUT2D eigenvalue weighted by atomic mass is 10.0. The molecule has 65 valence electrons. The van der Waals surface area contributed by atoms with Gasteiger partial charge in [0.05, 0.1) is 0 Å². The topological polar surface area (TPSA) is 20.2 Å². The Morgan fingerprint density at radius 3 is 2.54 bits per heavy atom. The molecule has 0 fully saturated rings. The molecule has 0 atom stereocenters. The van der Waals surface area contributed by atoms with Crippen LogP contribution in [0.2, 0.25) is 0 Å². The normalized spacial score (nSPS) is 10.6. The zero-order valence-corrected chi connectivity index (χ0v) is 7.76. The van der Waals surface area contributed by atoms with Gasteiger partial charge in [0.1, 0.15) is 5.75 Å². The van der Waals surface area contributed by atoms with Crippen LogP contribution in [0.3, 0.4) is 0 Å². The van der Waals surface area contributed by atoms with Crippen LogP contribution in [0.5, 0.6) is 5.75 Å². The highest BCUT2D eigenvalue weighted by molar-refractivity contribution is 5.87. The number of phenolic OH excluding ortho intramolecular Hbond substituents is 1. The molecule has 1 N–H and O–H groups in total. The quantitative estimate of drug-likeness (QED) is 0.646. The monoisotopic (exact) mass is 171 g/mol. The van der Waals surface area contributed by atoms with E-state index in [1.807, 2.05) is 38.1 Å². The average Bonchev–Trinajstić information content (AvgIpc) is 2.15. The molecule has 0 aliphatic heterocycles. The van der Waals surface area contributed by atoms with Gasteiger partial charge in [-0.15, -0.1) is 0 Å². The van der Waals surface area contributed by atoms with Crippen molar-refractivity contribution in [2.75, 3.05) is 0 Å². The molecule has 0 unspecified atom stereocenters. The third-order valence-corrected chi connectivity index (χ3v) is 2.50. The summed E-state index contributed by atoms with van der Waals surface area (Å²) >= 11 is 0.